The lowest BCUT2D eigenvalue weighted by molar-refractivity contribution is -0.384. The van der Waals surface area contributed by atoms with Crippen LogP contribution in [0.25, 0.3) is 0 Å². The van der Waals surface area contributed by atoms with E-state index in [0.29, 0.717) is 17.4 Å². The third-order valence-electron chi connectivity index (χ3n) is 2.49. The zero-order chi connectivity index (χ0) is 14.5. The van der Waals surface area contributed by atoms with Gasteiger partial charge in [-0.2, -0.15) is 4.98 Å². The normalized spacial score (nSPS) is 10.1. The minimum absolute atomic E-state index is 0.0377. The Morgan fingerprint density at radius 3 is 3.00 bits per heavy atom. The predicted molar refractivity (Wildman–Crippen MR) is 74.0 cm³/mol. The van der Waals surface area contributed by atoms with E-state index in [1.165, 1.54) is 25.4 Å². The number of benzene rings is 1. The molecule has 0 unspecified atom stereocenters. The molecule has 0 spiro atoms. The summed E-state index contributed by atoms with van der Waals surface area (Å²) in [5, 5.41) is 14.0. The van der Waals surface area contributed by atoms with Gasteiger partial charge in [-0.3, -0.25) is 10.1 Å². The summed E-state index contributed by atoms with van der Waals surface area (Å²) in [7, 11) is 1.45. The predicted octanol–water partition coefficient (Wildman–Crippen LogP) is 2.66. The average Bonchev–Trinajstić information content (AvgIpc) is 2.46. The molecular weight excluding hydrogens is 284 g/mol. The van der Waals surface area contributed by atoms with E-state index < -0.39 is 4.92 Å². The third-order valence-corrected chi connectivity index (χ3v) is 2.76. The second kappa shape index (κ2) is 6.16. The van der Waals surface area contributed by atoms with Crippen LogP contribution in [0.3, 0.4) is 0 Å². The molecule has 0 amide bonds. The van der Waals surface area contributed by atoms with E-state index in [2.05, 4.69) is 15.3 Å². The van der Waals surface area contributed by atoms with E-state index in [4.69, 9.17) is 16.3 Å². The highest BCUT2D eigenvalue weighted by molar-refractivity contribution is 6.32. The summed E-state index contributed by atoms with van der Waals surface area (Å²) in [6.07, 6.45) is 1.42. The Labute approximate surface area is 119 Å². The molecule has 0 bridgehead atoms. The van der Waals surface area contributed by atoms with Crippen molar-refractivity contribution in [1.82, 2.24) is 9.97 Å². The number of nitro groups is 1. The summed E-state index contributed by atoms with van der Waals surface area (Å²) in [5.74, 6) is 0.407. The van der Waals surface area contributed by atoms with E-state index in [1.807, 2.05) is 0 Å². The Kier molecular flexibility index (Phi) is 4.31. The van der Waals surface area contributed by atoms with E-state index in [0.717, 1.165) is 5.56 Å². The number of nitrogens with one attached hydrogen (secondary N) is 1. The summed E-state index contributed by atoms with van der Waals surface area (Å²) in [6.45, 7) is 0.349. The Morgan fingerprint density at radius 1 is 1.50 bits per heavy atom. The first-order chi connectivity index (χ1) is 9.60. The Bertz CT molecular complexity index is 636. The van der Waals surface area contributed by atoms with Gasteiger partial charge >= 0.3 is 6.01 Å². The molecule has 104 valence electrons. The van der Waals surface area contributed by atoms with Crippen LogP contribution < -0.4 is 10.1 Å². The van der Waals surface area contributed by atoms with Gasteiger partial charge in [0.1, 0.15) is 5.02 Å². The molecule has 20 heavy (non-hydrogen) atoms. The maximum absolute atomic E-state index is 10.7. The quantitative estimate of drug-likeness (QED) is 0.673. The molecule has 2 rings (SSSR count). The Morgan fingerprint density at radius 2 is 2.30 bits per heavy atom. The molecule has 2 aromatic rings. The van der Waals surface area contributed by atoms with Crippen LogP contribution in [-0.2, 0) is 6.54 Å². The maximum atomic E-state index is 10.7. The van der Waals surface area contributed by atoms with E-state index in [-0.39, 0.29) is 11.7 Å². The van der Waals surface area contributed by atoms with E-state index >= 15 is 0 Å². The van der Waals surface area contributed by atoms with Crippen molar-refractivity contribution in [3.05, 3.63) is 51.2 Å². The molecule has 7 nitrogen and oxygen atoms in total. The second-order valence-corrected chi connectivity index (χ2v) is 4.24. The number of hydrogen-bond donors (Lipinski definition) is 1. The summed E-state index contributed by atoms with van der Waals surface area (Å²) >= 11 is 5.95. The molecule has 0 saturated heterocycles. The minimum Gasteiger partial charge on any atom is -0.467 e. The number of methoxy groups -OCH3 is 1. The van der Waals surface area contributed by atoms with E-state index in [1.54, 1.807) is 12.1 Å². The minimum atomic E-state index is -0.440. The van der Waals surface area contributed by atoms with Gasteiger partial charge in [-0.15, -0.1) is 0 Å². The number of aromatic nitrogens is 2. The fourth-order valence-electron chi connectivity index (χ4n) is 1.54. The summed E-state index contributed by atoms with van der Waals surface area (Å²) in [5.41, 5.74) is 0.781. The van der Waals surface area contributed by atoms with Crippen LogP contribution >= 0.6 is 11.6 Å². The van der Waals surface area contributed by atoms with Gasteiger partial charge in [0.25, 0.3) is 5.69 Å². The van der Waals surface area contributed by atoms with Crippen molar-refractivity contribution < 1.29 is 9.66 Å². The number of halogens is 1. The van der Waals surface area contributed by atoms with E-state index in [9.17, 15) is 10.1 Å². The van der Waals surface area contributed by atoms with Gasteiger partial charge < -0.3 is 10.1 Å². The standard InChI is InChI=1S/C12H11ClN4O3/c1-20-12-15-7-10(13)11(16-12)14-6-8-3-2-4-9(5-8)17(18)19/h2-5,7H,6H2,1H3,(H,14,15,16). The van der Waals surface area contributed by atoms with Gasteiger partial charge in [0.05, 0.1) is 18.2 Å². The van der Waals surface area contributed by atoms with Gasteiger partial charge in [-0.05, 0) is 5.56 Å². The fourth-order valence-corrected chi connectivity index (χ4v) is 1.70. The molecule has 1 heterocycles. The number of hydrogen-bond acceptors (Lipinski definition) is 6. The molecule has 8 heteroatoms. The molecule has 0 fully saturated rings. The van der Waals surface area contributed by atoms with Gasteiger partial charge in [0.15, 0.2) is 5.82 Å². The van der Waals surface area contributed by atoms with Crippen LogP contribution in [0, 0.1) is 10.1 Å². The maximum Gasteiger partial charge on any atom is 0.318 e. The fraction of sp³-hybridized carbons (Fsp3) is 0.167. The summed E-state index contributed by atoms with van der Waals surface area (Å²) < 4.78 is 4.90. The van der Waals surface area contributed by atoms with Gasteiger partial charge in [0.2, 0.25) is 0 Å². The highest BCUT2D eigenvalue weighted by Gasteiger charge is 2.08. The number of nitro benzene ring substituents is 1. The third kappa shape index (κ3) is 3.33. The Balaban J connectivity index is 2.12. The van der Waals surface area contributed by atoms with Gasteiger partial charge in [0, 0.05) is 18.7 Å². The lowest BCUT2D eigenvalue weighted by atomic mass is 10.2. The molecular formula is C12H11ClN4O3. The molecule has 0 aliphatic heterocycles. The van der Waals surface area contributed by atoms with Crippen molar-refractivity contribution in [2.45, 2.75) is 6.54 Å². The zero-order valence-electron chi connectivity index (χ0n) is 10.5. The monoisotopic (exact) mass is 294 g/mol. The van der Waals surface area contributed by atoms with Crippen LogP contribution in [0.2, 0.25) is 5.02 Å². The van der Waals surface area contributed by atoms with Crippen molar-refractivity contribution in [3.8, 4) is 6.01 Å². The topological polar surface area (TPSA) is 90.2 Å². The van der Waals surface area contributed by atoms with Crippen molar-refractivity contribution in [2.24, 2.45) is 0 Å². The van der Waals surface area contributed by atoms with Crippen LogP contribution in [0.5, 0.6) is 6.01 Å². The van der Waals surface area contributed by atoms with Gasteiger partial charge in [-0.25, -0.2) is 4.98 Å². The van der Waals surface area contributed by atoms with Crippen molar-refractivity contribution in [3.63, 3.8) is 0 Å². The van der Waals surface area contributed by atoms with Crippen LogP contribution in [0.4, 0.5) is 11.5 Å². The largest absolute Gasteiger partial charge is 0.467 e. The molecule has 1 aromatic carbocycles. The number of non-ortho nitro benzene ring substituents is 1. The summed E-state index contributed by atoms with van der Waals surface area (Å²) in [6, 6.07) is 6.50. The smallest absolute Gasteiger partial charge is 0.318 e. The first-order valence-electron chi connectivity index (χ1n) is 5.64. The van der Waals surface area contributed by atoms with Crippen molar-refractivity contribution in [2.75, 3.05) is 12.4 Å². The molecule has 1 aromatic heterocycles. The second-order valence-electron chi connectivity index (χ2n) is 3.83. The lowest BCUT2D eigenvalue weighted by Crippen LogP contribution is -2.04. The zero-order valence-corrected chi connectivity index (χ0v) is 11.3. The number of rotatable bonds is 5. The van der Waals surface area contributed by atoms with Crippen LogP contribution in [0.1, 0.15) is 5.56 Å². The number of nitrogens with zero attached hydrogens (tertiary/aromatic N) is 3. The number of ether oxygens (including phenoxy) is 1. The van der Waals surface area contributed by atoms with Crippen molar-refractivity contribution >= 4 is 23.1 Å². The molecule has 0 aliphatic carbocycles. The Hall–Kier alpha value is -2.41. The van der Waals surface area contributed by atoms with Crippen LogP contribution in [0.15, 0.2) is 30.5 Å². The first-order valence-corrected chi connectivity index (χ1v) is 6.01. The molecule has 0 atom stereocenters. The van der Waals surface area contributed by atoms with Gasteiger partial charge in [-0.1, -0.05) is 23.7 Å². The highest BCUT2D eigenvalue weighted by Crippen LogP contribution is 2.21. The highest BCUT2D eigenvalue weighted by atomic mass is 35.5. The summed E-state index contributed by atoms with van der Waals surface area (Å²) in [4.78, 5) is 18.2. The number of anilines is 1. The van der Waals surface area contributed by atoms with Crippen LogP contribution in [-0.4, -0.2) is 22.0 Å². The van der Waals surface area contributed by atoms with Crippen molar-refractivity contribution in [1.29, 1.82) is 0 Å². The molecule has 1 N–H and O–H groups in total. The first kappa shape index (κ1) is 14.0. The SMILES string of the molecule is COc1ncc(Cl)c(NCc2cccc([N+](=O)[O-])c2)n1. The molecule has 0 aliphatic rings. The molecule has 0 saturated carbocycles. The average molecular weight is 295 g/mol. The lowest BCUT2D eigenvalue weighted by Gasteiger charge is -2.08. The molecule has 0 radical (unpaired) electrons.